The molecule has 0 aromatic carbocycles. The summed E-state index contributed by atoms with van der Waals surface area (Å²) < 4.78 is 3.64. The van der Waals surface area contributed by atoms with E-state index in [1.165, 1.54) is 0 Å². The molecule has 0 radical (unpaired) electrons. The van der Waals surface area contributed by atoms with E-state index in [-0.39, 0.29) is 18.0 Å². The van der Waals surface area contributed by atoms with Crippen molar-refractivity contribution in [1.29, 1.82) is 0 Å². The Labute approximate surface area is 122 Å². The highest BCUT2D eigenvalue weighted by Crippen LogP contribution is 2.29. The second kappa shape index (κ2) is 6.04. The molecule has 112 valence electrons. The van der Waals surface area contributed by atoms with Crippen molar-refractivity contribution in [2.45, 2.75) is 37.9 Å². The van der Waals surface area contributed by atoms with Gasteiger partial charge in [-0.2, -0.15) is 0 Å². The van der Waals surface area contributed by atoms with Crippen molar-refractivity contribution in [2.75, 3.05) is 6.54 Å². The summed E-state index contributed by atoms with van der Waals surface area (Å²) in [5, 5.41) is 10.8. The molecule has 2 heterocycles. The van der Waals surface area contributed by atoms with Gasteiger partial charge < -0.3 is 15.6 Å². The maximum absolute atomic E-state index is 12.3. The minimum absolute atomic E-state index is 0.103. The second-order valence-electron chi connectivity index (χ2n) is 5.24. The van der Waals surface area contributed by atoms with E-state index in [0.717, 1.165) is 19.3 Å². The third-order valence-electron chi connectivity index (χ3n) is 3.83. The molecule has 21 heavy (non-hydrogen) atoms. The molecule has 1 aliphatic carbocycles. The summed E-state index contributed by atoms with van der Waals surface area (Å²) in [5.74, 6) is -0.185. The Kier molecular flexibility index (Phi) is 3.96. The molecule has 8 nitrogen and oxygen atoms in total. The largest absolute Gasteiger partial charge is 0.346 e. The van der Waals surface area contributed by atoms with E-state index >= 15 is 0 Å². The van der Waals surface area contributed by atoms with E-state index in [0.29, 0.717) is 18.8 Å². The molecule has 0 aliphatic heterocycles. The fraction of sp³-hybridized carbons (Fsp3) is 0.538. The Bertz CT molecular complexity index is 591. The second-order valence-corrected chi connectivity index (χ2v) is 5.24. The average Bonchev–Trinajstić information content (AvgIpc) is 3.19. The molecule has 0 spiro atoms. The Morgan fingerprint density at radius 1 is 1.48 bits per heavy atom. The third-order valence-corrected chi connectivity index (χ3v) is 3.83. The van der Waals surface area contributed by atoms with Crippen molar-refractivity contribution in [1.82, 2.24) is 29.9 Å². The zero-order valence-electron chi connectivity index (χ0n) is 11.7. The van der Waals surface area contributed by atoms with Gasteiger partial charge in [0.15, 0.2) is 5.69 Å². The minimum atomic E-state index is -0.185. The number of nitrogens with one attached hydrogen (secondary N) is 1. The van der Waals surface area contributed by atoms with Gasteiger partial charge >= 0.3 is 0 Å². The number of amides is 1. The van der Waals surface area contributed by atoms with E-state index in [2.05, 4.69) is 25.2 Å². The molecule has 2 aromatic rings. The Balaban J connectivity index is 1.66. The number of hydrogen-bond donors (Lipinski definition) is 2. The highest BCUT2D eigenvalue weighted by Gasteiger charge is 2.30. The number of carbonyl (C=O) groups is 1. The summed E-state index contributed by atoms with van der Waals surface area (Å²) in [5.41, 5.74) is 5.79. The van der Waals surface area contributed by atoms with Gasteiger partial charge in [0, 0.05) is 25.0 Å². The van der Waals surface area contributed by atoms with Crippen molar-refractivity contribution in [3.63, 3.8) is 0 Å². The van der Waals surface area contributed by atoms with Gasteiger partial charge in [0.25, 0.3) is 5.91 Å². The van der Waals surface area contributed by atoms with Crippen LogP contribution in [0.3, 0.4) is 0 Å². The lowest BCUT2D eigenvalue weighted by atomic mass is 10.1. The van der Waals surface area contributed by atoms with Gasteiger partial charge in [0.05, 0.1) is 25.1 Å². The molecule has 2 unspecified atom stereocenters. The first-order chi connectivity index (χ1) is 10.3. The van der Waals surface area contributed by atoms with Crippen LogP contribution < -0.4 is 11.1 Å². The Hall–Kier alpha value is -2.22. The summed E-state index contributed by atoms with van der Waals surface area (Å²) in [6, 6.07) is 0.363. The van der Waals surface area contributed by atoms with Crippen LogP contribution in [0.2, 0.25) is 0 Å². The van der Waals surface area contributed by atoms with Crippen LogP contribution in [-0.2, 0) is 6.54 Å². The molecule has 2 atom stereocenters. The molecule has 3 rings (SSSR count). The van der Waals surface area contributed by atoms with Crippen LogP contribution in [0.1, 0.15) is 35.8 Å². The Morgan fingerprint density at radius 2 is 2.38 bits per heavy atom. The van der Waals surface area contributed by atoms with Crippen molar-refractivity contribution in [3.8, 4) is 0 Å². The number of nitrogens with zero attached hydrogens (tertiary/aromatic N) is 5. The van der Waals surface area contributed by atoms with E-state index in [4.69, 9.17) is 5.73 Å². The SMILES string of the molecule is NCCn1cc(C(=O)NC2CCCC2n2ccnc2)nn1. The molecular formula is C13H19N7O. The first-order valence-corrected chi connectivity index (χ1v) is 7.16. The lowest BCUT2D eigenvalue weighted by Gasteiger charge is -2.21. The van der Waals surface area contributed by atoms with Crippen LogP contribution in [0.15, 0.2) is 24.9 Å². The highest BCUT2D eigenvalue weighted by atomic mass is 16.2. The molecule has 3 N–H and O–H groups in total. The van der Waals surface area contributed by atoms with E-state index < -0.39 is 0 Å². The zero-order valence-corrected chi connectivity index (χ0v) is 11.7. The third kappa shape index (κ3) is 2.94. The highest BCUT2D eigenvalue weighted by molar-refractivity contribution is 5.92. The first-order valence-electron chi connectivity index (χ1n) is 7.16. The van der Waals surface area contributed by atoms with Gasteiger partial charge in [-0.05, 0) is 19.3 Å². The predicted molar refractivity (Wildman–Crippen MR) is 75.4 cm³/mol. The number of hydrogen-bond acceptors (Lipinski definition) is 5. The smallest absolute Gasteiger partial charge is 0.273 e. The van der Waals surface area contributed by atoms with Gasteiger partial charge in [-0.1, -0.05) is 5.21 Å². The van der Waals surface area contributed by atoms with Crippen molar-refractivity contribution in [3.05, 3.63) is 30.6 Å². The number of imidazole rings is 1. The lowest BCUT2D eigenvalue weighted by molar-refractivity contribution is 0.0923. The maximum Gasteiger partial charge on any atom is 0.273 e. The van der Waals surface area contributed by atoms with Gasteiger partial charge in [0.1, 0.15) is 0 Å². The summed E-state index contributed by atoms with van der Waals surface area (Å²) >= 11 is 0. The lowest BCUT2D eigenvalue weighted by Crippen LogP contribution is -2.38. The molecule has 0 saturated heterocycles. The normalized spacial score (nSPS) is 21.6. The van der Waals surface area contributed by atoms with Gasteiger partial charge in [-0.3, -0.25) is 9.48 Å². The standard InChI is InChI=1S/C13H19N7O/c14-4-6-20-8-11(17-18-20)13(21)16-10-2-1-3-12(10)19-7-5-15-9-19/h5,7-10,12H,1-4,6,14H2,(H,16,21). The van der Waals surface area contributed by atoms with Crippen molar-refractivity contribution in [2.24, 2.45) is 5.73 Å². The fourth-order valence-electron chi connectivity index (χ4n) is 2.82. The zero-order chi connectivity index (χ0) is 14.7. The van der Waals surface area contributed by atoms with Gasteiger partial charge in [0.2, 0.25) is 0 Å². The van der Waals surface area contributed by atoms with Crippen LogP contribution >= 0.6 is 0 Å². The first kappa shape index (κ1) is 13.7. The van der Waals surface area contributed by atoms with E-state index in [1.54, 1.807) is 23.4 Å². The van der Waals surface area contributed by atoms with Crippen molar-refractivity contribution < 1.29 is 4.79 Å². The quantitative estimate of drug-likeness (QED) is 0.803. The van der Waals surface area contributed by atoms with Gasteiger partial charge in [-0.15, -0.1) is 5.10 Å². The van der Waals surface area contributed by atoms with Crippen LogP contribution in [0, 0.1) is 0 Å². The fourth-order valence-corrected chi connectivity index (χ4v) is 2.82. The molecule has 1 aliphatic rings. The molecular weight excluding hydrogens is 270 g/mol. The van der Waals surface area contributed by atoms with E-state index in [9.17, 15) is 4.79 Å². The number of aromatic nitrogens is 5. The van der Waals surface area contributed by atoms with E-state index in [1.807, 2.05) is 6.20 Å². The molecule has 8 heteroatoms. The van der Waals surface area contributed by atoms with Crippen LogP contribution in [0.25, 0.3) is 0 Å². The monoisotopic (exact) mass is 289 g/mol. The molecule has 1 amide bonds. The summed E-state index contributed by atoms with van der Waals surface area (Å²) in [4.78, 5) is 16.3. The molecule has 1 fully saturated rings. The minimum Gasteiger partial charge on any atom is -0.346 e. The number of carbonyl (C=O) groups excluding carboxylic acids is 1. The summed E-state index contributed by atoms with van der Waals surface area (Å²) in [7, 11) is 0. The number of nitrogens with two attached hydrogens (primary N) is 1. The average molecular weight is 289 g/mol. The van der Waals surface area contributed by atoms with Crippen LogP contribution in [0.5, 0.6) is 0 Å². The molecule has 1 saturated carbocycles. The van der Waals surface area contributed by atoms with Gasteiger partial charge in [-0.25, -0.2) is 4.98 Å². The molecule has 0 bridgehead atoms. The van der Waals surface area contributed by atoms with Crippen LogP contribution in [-0.4, -0.2) is 43.0 Å². The van der Waals surface area contributed by atoms with Crippen molar-refractivity contribution >= 4 is 5.91 Å². The summed E-state index contributed by atoms with van der Waals surface area (Å²) in [6.07, 6.45) is 10.2. The summed E-state index contributed by atoms with van der Waals surface area (Å²) in [6.45, 7) is 1.02. The van der Waals surface area contributed by atoms with Crippen LogP contribution in [0.4, 0.5) is 0 Å². The number of rotatable bonds is 5. The topological polar surface area (TPSA) is 104 Å². The predicted octanol–water partition coefficient (Wildman–Crippen LogP) is -0.0431. The molecule has 2 aromatic heterocycles. The maximum atomic E-state index is 12.3. The Morgan fingerprint density at radius 3 is 3.14 bits per heavy atom.